The highest BCUT2D eigenvalue weighted by Crippen LogP contribution is 2.70. The molecule has 3 heteroatoms. The van der Waals surface area contributed by atoms with Crippen molar-refractivity contribution >= 4 is 11.6 Å². The Bertz CT molecular complexity index is 939. The molecule has 5 rings (SSSR count). The third kappa shape index (κ3) is 2.83. The second-order valence-corrected chi connectivity index (χ2v) is 13.9. The monoisotopic (exact) mass is 435 g/mol. The molecule has 0 heterocycles. The third-order valence-electron chi connectivity index (χ3n) is 11.8. The average Bonchev–Trinajstić information content (AvgIpc) is 2.72. The summed E-state index contributed by atoms with van der Waals surface area (Å²) in [6, 6.07) is 2.20. The van der Waals surface area contributed by atoms with Crippen molar-refractivity contribution in [2.24, 2.45) is 57.2 Å². The van der Waals surface area contributed by atoms with Crippen LogP contribution in [0.3, 0.4) is 0 Å². The fraction of sp³-hybridized carbons (Fsp3) is 0.828. The summed E-state index contributed by atoms with van der Waals surface area (Å²) in [7, 11) is 0. The maximum Gasteiger partial charge on any atom is 0.176 e. The largest absolute Gasteiger partial charge is 0.299 e. The van der Waals surface area contributed by atoms with E-state index in [0.29, 0.717) is 40.4 Å². The summed E-state index contributed by atoms with van der Waals surface area (Å²) in [6.07, 6.45) is 10.9. The molecule has 0 radical (unpaired) electrons. The summed E-state index contributed by atoms with van der Waals surface area (Å²) >= 11 is 0. The smallest absolute Gasteiger partial charge is 0.176 e. The standard InChI is InChI=1S/C29H41NO2/c1-17-19-8-10-28(5)20-7-9-27(4)12-11-26(2,3)15-21(27)24(20)22(31)13-23(28)29(19,6)14-18(16-30)25(17)32/h14,17,19-21,23-24H,7-13,15H2,1-6H3. The Balaban J connectivity index is 1.57. The van der Waals surface area contributed by atoms with Gasteiger partial charge in [-0.2, -0.15) is 5.26 Å². The molecule has 0 N–H and O–H groups in total. The summed E-state index contributed by atoms with van der Waals surface area (Å²) in [5.41, 5.74) is 0.858. The van der Waals surface area contributed by atoms with Gasteiger partial charge in [0.25, 0.3) is 0 Å². The van der Waals surface area contributed by atoms with Gasteiger partial charge in [0.2, 0.25) is 0 Å². The second-order valence-electron chi connectivity index (χ2n) is 13.9. The quantitative estimate of drug-likeness (QED) is 0.435. The van der Waals surface area contributed by atoms with E-state index in [0.717, 1.165) is 12.8 Å². The molecule has 0 bridgehead atoms. The van der Waals surface area contributed by atoms with Crippen LogP contribution in [0.25, 0.3) is 0 Å². The van der Waals surface area contributed by atoms with Crippen molar-refractivity contribution in [3.63, 3.8) is 0 Å². The van der Waals surface area contributed by atoms with E-state index in [-0.39, 0.29) is 40.3 Å². The Hall–Kier alpha value is -1.43. The van der Waals surface area contributed by atoms with Gasteiger partial charge in [-0.3, -0.25) is 9.59 Å². The molecule has 0 saturated heterocycles. The SMILES string of the molecule is CC1C(=O)C(C#N)=CC2(C)C1CCC1(C)C3CCC4(C)CCC(C)(C)CC4C3C(=O)CC21. The van der Waals surface area contributed by atoms with Gasteiger partial charge >= 0.3 is 0 Å². The second kappa shape index (κ2) is 6.80. The summed E-state index contributed by atoms with van der Waals surface area (Å²) in [5.74, 6) is 2.03. The minimum absolute atomic E-state index is 0.0106. The molecule has 32 heavy (non-hydrogen) atoms. The predicted molar refractivity (Wildman–Crippen MR) is 125 cm³/mol. The van der Waals surface area contributed by atoms with Crippen molar-refractivity contribution < 1.29 is 9.59 Å². The highest BCUT2D eigenvalue weighted by Gasteiger charge is 2.66. The van der Waals surface area contributed by atoms with Gasteiger partial charge in [-0.15, -0.1) is 0 Å². The van der Waals surface area contributed by atoms with Gasteiger partial charge < -0.3 is 0 Å². The number of Topliss-reactive ketones (excluding diaryl/α,β-unsaturated/α-hetero) is 2. The molecule has 0 amide bonds. The molecule has 4 fully saturated rings. The van der Waals surface area contributed by atoms with E-state index >= 15 is 0 Å². The van der Waals surface area contributed by atoms with Gasteiger partial charge in [-0.25, -0.2) is 0 Å². The van der Waals surface area contributed by atoms with Crippen molar-refractivity contribution in [3.8, 4) is 6.07 Å². The lowest BCUT2D eigenvalue weighted by Crippen LogP contribution is -2.63. The van der Waals surface area contributed by atoms with Gasteiger partial charge in [0.1, 0.15) is 11.9 Å². The zero-order valence-electron chi connectivity index (χ0n) is 21.0. The van der Waals surface area contributed by atoms with E-state index in [9.17, 15) is 14.9 Å². The summed E-state index contributed by atoms with van der Waals surface area (Å²) in [4.78, 5) is 26.8. The lowest BCUT2D eigenvalue weighted by atomic mass is 9.37. The molecular weight excluding hydrogens is 394 g/mol. The van der Waals surface area contributed by atoms with Crippen LogP contribution in [0.2, 0.25) is 0 Å². The van der Waals surface area contributed by atoms with Gasteiger partial charge in [0.15, 0.2) is 5.78 Å². The van der Waals surface area contributed by atoms with Crippen molar-refractivity contribution in [2.75, 3.05) is 0 Å². The number of allylic oxidation sites excluding steroid dienone is 2. The van der Waals surface area contributed by atoms with Crippen molar-refractivity contribution in [3.05, 3.63) is 11.6 Å². The molecule has 4 saturated carbocycles. The molecule has 9 atom stereocenters. The fourth-order valence-corrected chi connectivity index (χ4v) is 9.81. The topological polar surface area (TPSA) is 57.9 Å². The molecular formula is C29H41NO2. The fourth-order valence-electron chi connectivity index (χ4n) is 9.81. The molecule has 0 aliphatic heterocycles. The van der Waals surface area contributed by atoms with E-state index in [1.807, 2.05) is 13.0 Å². The van der Waals surface area contributed by atoms with Gasteiger partial charge in [-0.1, -0.05) is 47.6 Å². The lowest BCUT2D eigenvalue weighted by Gasteiger charge is -2.67. The number of carbonyl (C=O) groups is 2. The highest BCUT2D eigenvalue weighted by molar-refractivity contribution is 6.01. The Kier molecular flexibility index (Phi) is 4.75. The Labute approximate surface area is 194 Å². The minimum atomic E-state index is -0.237. The van der Waals surface area contributed by atoms with Crippen LogP contribution in [0.1, 0.15) is 92.9 Å². The first-order valence-corrected chi connectivity index (χ1v) is 13.1. The number of hydrogen-bond acceptors (Lipinski definition) is 3. The summed E-state index contributed by atoms with van der Waals surface area (Å²) in [6.45, 7) is 14.0. The number of carbonyl (C=O) groups excluding carboxylic acids is 2. The maximum atomic E-state index is 14.0. The molecule has 0 aromatic carbocycles. The third-order valence-corrected chi connectivity index (χ3v) is 11.8. The average molecular weight is 436 g/mol. The van der Waals surface area contributed by atoms with Crippen molar-refractivity contribution in [1.29, 1.82) is 5.26 Å². The van der Waals surface area contributed by atoms with Gasteiger partial charge in [0.05, 0.1) is 5.57 Å². The number of nitrogens with zero attached hydrogens (tertiary/aromatic N) is 1. The van der Waals surface area contributed by atoms with Gasteiger partial charge in [-0.05, 0) is 90.3 Å². The van der Waals surface area contributed by atoms with E-state index < -0.39 is 0 Å². The molecule has 0 aromatic heterocycles. The molecule has 0 aromatic rings. The van der Waals surface area contributed by atoms with Crippen LogP contribution in [-0.4, -0.2) is 11.6 Å². The Morgan fingerprint density at radius 2 is 1.62 bits per heavy atom. The molecule has 3 nitrogen and oxygen atoms in total. The van der Waals surface area contributed by atoms with Crippen LogP contribution < -0.4 is 0 Å². The van der Waals surface area contributed by atoms with Crippen LogP contribution >= 0.6 is 0 Å². The van der Waals surface area contributed by atoms with Gasteiger partial charge in [0, 0.05) is 18.3 Å². The van der Waals surface area contributed by atoms with Crippen LogP contribution in [0, 0.1) is 68.5 Å². The molecule has 174 valence electrons. The molecule has 9 unspecified atom stereocenters. The van der Waals surface area contributed by atoms with E-state index in [2.05, 4.69) is 40.7 Å². The Morgan fingerprint density at radius 3 is 2.31 bits per heavy atom. The molecule has 5 aliphatic rings. The number of ketones is 2. The van der Waals surface area contributed by atoms with E-state index in [1.54, 1.807) is 0 Å². The maximum absolute atomic E-state index is 14.0. The number of fused-ring (bicyclic) bond motifs is 7. The zero-order valence-corrected chi connectivity index (χ0v) is 21.0. The number of hydrogen-bond donors (Lipinski definition) is 0. The first kappa shape index (κ1) is 22.4. The first-order valence-electron chi connectivity index (χ1n) is 13.1. The molecule has 0 spiro atoms. The lowest BCUT2D eigenvalue weighted by molar-refractivity contribution is -0.184. The van der Waals surface area contributed by atoms with E-state index in [4.69, 9.17) is 0 Å². The highest BCUT2D eigenvalue weighted by atomic mass is 16.1. The number of nitriles is 1. The van der Waals surface area contributed by atoms with E-state index in [1.165, 1.54) is 32.1 Å². The Morgan fingerprint density at radius 1 is 0.938 bits per heavy atom. The normalized spacial score (nSPS) is 52.0. The predicted octanol–water partition coefficient (Wildman–Crippen LogP) is 6.53. The van der Waals surface area contributed by atoms with Crippen molar-refractivity contribution in [1.82, 2.24) is 0 Å². The van der Waals surface area contributed by atoms with Crippen LogP contribution in [0.4, 0.5) is 0 Å². The summed E-state index contributed by atoms with van der Waals surface area (Å²) in [5, 5.41) is 9.68. The van der Waals surface area contributed by atoms with Crippen LogP contribution in [0.15, 0.2) is 11.6 Å². The van der Waals surface area contributed by atoms with Crippen LogP contribution in [0.5, 0.6) is 0 Å². The zero-order chi connectivity index (χ0) is 23.3. The molecule has 5 aliphatic carbocycles. The minimum Gasteiger partial charge on any atom is -0.299 e. The van der Waals surface area contributed by atoms with Crippen molar-refractivity contribution in [2.45, 2.75) is 92.9 Å². The number of rotatable bonds is 0. The van der Waals surface area contributed by atoms with Crippen LogP contribution in [-0.2, 0) is 9.59 Å². The summed E-state index contributed by atoms with van der Waals surface area (Å²) < 4.78 is 0. The first-order chi connectivity index (χ1) is 14.9.